The van der Waals surface area contributed by atoms with Crippen molar-refractivity contribution >= 4 is 23.4 Å². The van der Waals surface area contributed by atoms with Crippen LogP contribution in [0.5, 0.6) is 0 Å². The first-order chi connectivity index (χ1) is 16.1. The molecule has 1 fully saturated rings. The number of hydrogen-bond donors (Lipinski definition) is 1. The Bertz CT molecular complexity index is 1250. The maximum absolute atomic E-state index is 13.5. The van der Waals surface area contributed by atoms with Crippen LogP contribution in [0.1, 0.15) is 40.8 Å². The SMILES string of the molecule is Cc1cc(C)cc(NC(=O)C(Sc2nnc(-c3cccnc3)n2C2CC2)c2ccccc2)c1. The Labute approximate surface area is 197 Å². The van der Waals surface area contributed by atoms with Crippen LogP contribution in [0.3, 0.4) is 0 Å². The van der Waals surface area contributed by atoms with E-state index >= 15 is 0 Å². The van der Waals surface area contributed by atoms with Crippen LogP contribution in [-0.4, -0.2) is 25.7 Å². The van der Waals surface area contributed by atoms with E-state index in [1.165, 1.54) is 11.8 Å². The van der Waals surface area contributed by atoms with Gasteiger partial charge in [-0.1, -0.05) is 48.2 Å². The summed E-state index contributed by atoms with van der Waals surface area (Å²) in [4.78, 5) is 17.8. The van der Waals surface area contributed by atoms with E-state index in [-0.39, 0.29) is 5.91 Å². The predicted octanol–water partition coefficient (Wildman–Crippen LogP) is 5.76. The lowest BCUT2D eigenvalue weighted by atomic mass is 10.1. The van der Waals surface area contributed by atoms with Gasteiger partial charge in [0.2, 0.25) is 5.91 Å². The second-order valence-electron chi connectivity index (χ2n) is 8.42. The normalized spacial score (nSPS) is 14.1. The lowest BCUT2D eigenvalue weighted by molar-refractivity contribution is -0.115. The van der Waals surface area contributed by atoms with Crippen molar-refractivity contribution in [2.24, 2.45) is 0 Å². The minimum Gasteiger partial charge on any atom is -0.325 e. The standard InChI is InChI=1S/C26H25N5OS/c1-17-13-18(2)15-21(14-17)28-25(32)23(19-7-4-3-5-8-19)33-26-30-29-24(31(26)22-10-11-22)20-9-6-12-27-16-20/h3-9,12-16,22-23H,10-11H2,1-2H3,(H,28,32). The van der Waals surface area contributed by atoms with Gasteiger partial charge in [0.25, 0.3) is 0 Å². The quantitative estimate of drug-likeness (QED) is 0.359. The van der Waals surface area contributed by atoms with Gasteiger partial charge in [0, 0.05) is 29.7 Å². The molecule has 6 nitrogen and oxygen atoms in total. The monoisotopic (exact) mass is 455 g/mol. The zero-order valence-electron chi connectivity index (χ0n) is 18.6. The highest BCUT2D eigenvalue weighted by Crippen LogP contribution is 2.44. The molecule has 2 heterocycles. The number of nitrogens with zero attached hydrogens (tertiary/aromatic N) is 4. The third-order valence-corrected chi connectivity index (χ3v) is 6.76. The molecule has 166 valence electrons. The molecule has 1 unspecified atom stereocenters. The van der Waals surface area contributed by atoms with Crippen molar-refractivity contribution in [2.75, 3.05) is 5.32 Å². The van der Waals surface area contributed by atoms with E-state index in [1.54, 1.807) is 12.4 Å². The van der Waals surface area contributed by atoms with Crippen LogP contribution in [0.2, 0.25) is 0 Å². The van der Waals surface area contributed by atoms with E-state index in [2.05, 4.69) is 31.1 Å². The van der Waals surface area contributed by atoms with Crippen molar-refractivity contribution in [3.05, 3.63) is 89.7 Å². The fourth-order valence-corrected chi connectivity index (χ4v) is 5.08. The summed E-state index contributed by atoms with van der Waals surface area (Å²) >= 11 is 1.44. The smallest absolute Gasteiger partial charge is 0.242 e. The predicted molar refractivity (Wildman–Crippen MR) is 131 cm³/mol. The molecule has 0 saturated heterocycles. The number of hydrogen-bond acceptors (Lipinski definition) is 5. The number of rotatable bonds is 7. The summed E-state index contributed by atoms with van der Waals surface area (Å²) in [6, 6.07) is 20.2. The number of anilines is 1. The van der Waals surface area contributed by atoms with Crippen LogP contribution in [0.25, 0.3) is 11.4 Å². The maximum Gasteiger partial charge on any atom is 0.242 e. The van der Waals surface area contributed by atoms with E-state index in [0.717, 1.165) is 51.8 Å². The topological polar surface area (TPSA) is 72.7 Å². The fraction of sp³-hybridized carbons (Fsp3) is 0.231. The van der Waals surface area contributed by atoms with Gasteiger partial charge in [-0.2, -0.15) is 0 Å². The Balaban J connectivity index is 1.49. The molecule has 0 bridgehead atoms. The molecular formula is C26H25N5OS. The van der Waals surface area contributed by atoms with Crippen LogP contribution in [0, 0.1) is 13.8 Å². The Morgan fingerprint density at radius 2 is 1.79 bits per heavy atom. The number of carbonyl (C=O) groups is 1. The number of pyridine rings is 1. The molecule has 7 heteroatoms. The third-order valence-electron chi connectivity index (χ3n) is 5.55. The van der Waals surface area contributed by atoms with Gasteiger partial charge < -0.3 is 5.32 Å². The van der Waals surface area contributed by atoms with E-state index < -0.39 is 5.25 Å². The molecule has 1 amide bonds. The van der Waals surface area contributed by atoms with Gasteiger partial charge >= 0.3 is 0 Å². The number of aryl methyl sites for hydroxylation is 2. The van der Waals surface area contributed by atoms with Gasteiger partial charge in [0.1, 0.15) is 5.25 Å². The minimum atomic E-state index is -0.463. The molecule has 1 aliphatic rings. The first-order valence-corrected chi connectivity index (χ1v) is 11.9. The molecule has 1 saturated carbocycles. The first kappa shape index (κ1) is 21.4. The molecule has 1 atom stereocenters. The molecule has 5 rings (SSSR count). The summed E-state index contributed by atoms with van der Waals surface area (Å²) < 4.78 is 2.17. The highest BCUT2D eigenvalue weighted by atomic mass is 32.2. The summed E-state index contributed by atoms with van der Waals surface area (Å²) in [5.74, 6) is 0.721. The molecule has 0 aliphatic heterocycles. The molecule has 1 N–H and O–H groups in total. The van der Waals surface area contributed by atoms with Gasteiger partial charge in [-0.05, 0) is 67.6 Å². The summed E-state index contributed by atoms with van der Waals surface area (Å²) in [5.41, 5.74) is 4.89. The van der Waals surface area contributed by atoms with Crippen LogP contribution in [0.15, 0.2) is 78.2 Å². The highest BCUT2D eigenvalue weighted by molar-refractivity contribution is 8.00. The summed E-state index contributed by atoms with van der Waals surface area (Å²) in [7, 11) is 0. The van der Waals surface area contributed by atoms with Crippen molar-refractivity contribution < 1.29 is 4.79 Å². The molecule has 1 aliphatic carbocycles. The average molecular weight is 456 g/mol. The maximum atomic E-state index is 13.5. The second kappa shape index (κ2) is 9.19. The number of nitrogens with one attached hydrogen (secondary N) is 1. The molecule has 0 spiro atoms. The molecule has 0 radical (unpaired) electrons. The number of thioether (sulfide) groups is 1. The summed E-state index contributed by atoms with van der Waals surface area (Å²) in [6.07, 6.45) is 5.73. The number of carbonyl (C=O) groups excluding carboxylic acids is 1. The Morgan fingerprint density at radius 1 is 1.03 bits per heavy atom. The van der Waals surface area contributed by atoms with Crippen molar-refractivity contribution in [1.29, 1.82) is 0 Å². The van der Waals surface area contributed by atoms with Crippen molar-refractivity contribution in [3.63, 3.8) is 0 Å². The van der Waals surface area contributed by atoms with Crippen molar-refractivity contribution in [1.82, 2.24) is 19.7 Å². The average Bonchev–Trinajstić information content (AvgIpc) is 3.57. The van der Waals surface area contributed by atoms with Crippen molar-refractivity contribution in [3.8, 4) is 11.4 Å². The van der Waals surface area contributed by atoms with Gasteiger partial charge in [-0.25, -0.2) is 0 Å². The Kier molecular flexibility index (Phi) is 5.96. The first-order valence-electron chi connectivity index (χ1n) is 11.0. The van der Waals surface area contributed by atoms with E-state index in [9.17, 15) is 4.79 Å². The Morgan fingerprint density at radius 3 is 2.45 bits per heavy atom. The van der Waals surface area contributed by atoms with Gasteiger partial charge in [-0.3, -0.25) is 14.3 Å². The molecule has 33 heavy (non-hydrogen) atoms. The Hall–Kier alpha value is -3.45. The van der Waals surface area contributed by atoms with Gasteiger partial charge in [-0.15, -0.1) is 10.2 Å². The lowest BCUT2D eigenvalue weighted by Gasteiger charge is -2.18. The third kappa shape index (κ3) is 4.83. The number of benzene rings is 2. The number of aromatic nitrogens is 4. The second-order valence-corrected chi connectivity index (χ2v) is 9.50. The zero-order valence-corrected chi connectivity index (χ0v) is 19.4. The van der Waals surface area contributed by atoms with Crippen LogP contribution in [-0.2, 0) is 4.79 Å². The molecule has 2 aromatic carbocycles. The molecule has 2 aromatic heterocycles. The van der Waals surface area contributed by atoms with Gasteiger partial charge in [0.05, 0.1) is 0 Å². The largest absolute Gasteiger partial charge is 0.325 e. The van der Waals surface area contributed by atoms with Gasteiger partial charge in [0.15, 0.2) is 11.0 Å². The zero-order chi connectivity index (χ0) is 22.8. The van der Waals surface area contributed by atoms with Crippen LogP contribution >= 0.6 is 11.8 Å². The molecular weight excluding hydrogens is 430 g/mol. The summed E-state index contributed by atoms with van der Waals surface area (Å²) in [6.45, 7) is 4.06. The van der Waals surface area contributed by atoms with Crippen LogP contribution < -0.4 is 5.32 Å². The van der Waals surface area contributed by atoms with E-state index in [0.29, 0.717) is 6.04 Å². The molecule has 4 aromatic rings. The highest BCUT2D eigenvalue weighted by Gasteiger charge is 2.33. The van der Waals surface area contributed by atoms with E-state index in [4.69, 9.17) is 0 Å². The minimum absolute atomic E-state index is 0.0792. The van der Waals surface area contributed by atoms with Crippen molar-refractivity contribution in [2.45, 2.75) is 43.1 Å². The fourth-order valence-electron chi connectivity index (χ4n) is 3.97. The number of amides is 1. The van der Waals surface area contributed by atoms with Crippen LogP contribution in [0.4, 0.5) is 5.69 Å². The summed E-state index contributed by atoms with van der Waals surface area (Å²) in [5, 5.41) is 12.4. The lowest BCUT2D eigenvalue weighted by Crippen LogP contribution is -2.19. The van der Waals surface area contributed by atoms with E-state index in [1.807, 2.05) is 68.4 Å².